The minimum Gasteiger partial charge on any atom is -0.381 e. The van der Waals surface area contributed by atoms with Crippen molar-refractivity contribution in [1.82, 2.24) is 9.97 Å². The van der Waals surface area contributed by atoms with E-state index in [9.17, 15) is 8.78 Å². The van der Waals surface area contributed by atoms with Crippen molar-refractivity contribution in [3.8, 4) is 0 Å². The minimum atomic E-state index is -2.65. The first-order valence-corrected chi connectivity index (χ1v) is 8.57. The Bertz CT molecular complexity index is 693. The maximum atomic E-state index is 13.1. The number of aromatic nitrogens is 2. The molecule has 3 rings (SSSR count). The molecule has 0 amide bonds. The number of benzene rings is 1. The lowest BCUT2D eigenvalue weighted by Gasteiger charge is -2.38. The maximum Gasteiger partial charge on any atom is 0.283 e. The number of nitrogens with one attached hydrogen (secondary N) is 1. The first kappa shape index (κ1) is 17.2. The van der Waals surface area contributed by atoms with Crippen molar-refractivity contribution in [3.05, 3.63) is 52.4 Å². The molecule has 1 saturated heterocycles. The standard InChI is InChI=1S/C17H18BrF2N3O/c18-13-3-1-2-12(10-13)17(4-8-24-9-5-17)11-23-16-14(15(19)20)21-6-7-22-16/h1-3,6-7,10,15H,4-5,8-9,11H2,(H,22,23). The van der Waals surface area contributed by atoms with Gasteiger partial charge in [-0.05, 0) is 30.5 Å². The van der Waals surface area contributed by atoms with E-state index in [0.29, 0.717) is 19.8 Å². The first-order chi connectivity index (χ1) is 11.6. The third kappa shape index (κ3) is 3.72. The Morgan fingerprint density at radius 1 is 1.21 bits per heavy atom. The summed E-state index contributed by atoms with van der Waals surface area (Å²) in [7, 11) is 0. The van der Waals surface area contributed by atoms with Crippen molar-refractivity contribution < 1.29 is 13.5 Å². The molecule has 2 aromatic rings. The summed E-state index contributed by atoms with van der Waals surface area (Å²) in [4.78, 5) is 7.78. The predicted molar refractivity (Wildman–Crippen MR) is 91.4 cm³/mol. The molecule has 1 aliphatic heterocycles. The molecule has 128 valence electrons. The summed E-state index contributed by atoms with van der Waals surface area (Å²) in [5, 5.41) is 3.10. The number of halogens is 3. The van der Waals surface area contributed by atoms with E-state index in [1.54, 1.807) is 0 Å². The lowest BCUT2D eigenvalue weighted by molar-refractivity contribution is 0.0543. The molecule has 1 fully saturated rings. The number of ether oxygens (including phenoxy) is 1. The number of nitrogens with zero attached hydrogens (tertiary/aromatic N) is 2. The quantitative estimate of drug-likeness (QED) is 0.814. The van der Waals surface area contributed by atoms with E-state index in [1.807, 2.05) is 12.1 Å². The van der Waals surface area contributed by atoms with Gasteiger partial charge in [0.2, 0.25) is 0 Å². The fourth-order valence-corrected chi connectivity index (χ4v) is 3.44. The van der Waals surface area contributed by atoms with Crippen molar-refractivity contribution >= 4 is 21.7 Å². The molecule has 0 atom stereocenters. The van der Waals surface area contributed by atoms with Crippen LogP contribution in [0, 0.1) is 0 Å². The van der Waals surface area contributed by atoms with Crippen LogP contribution in [0.15, 0.2) is 41.1 Å². The largest absolute Gasteiger partial charge is 0.381 e. The Morgan fingerprint density at radius 3 is 2.67 bits per heavy atom. The van der Waals surface area contributed by atoms with Crippen LogP contribution in [0.5, 0.6) is 0 Å². The van der Waals surface area contributed by atoms with Gasteiger partial charge in [-0.2, -0.15) is 0 Å². The monoisotopic (exact) mass is 397 g/mol. The molecular formula is C17H18BrF2N3O. The van der Waals surface area contributed by atoms with Gasteiger partial charge in [0.25, 0.3) is 6.43 Å². The zero-order valence-electron chi connectivity index (χ0n) is 13.0. The topological polar surface area (TPSA) is 47.0 Å². The molecule has 0 radical (unpaired) electrons. The molecule has 0 aliphatic carbocycles. The molecule has 1 aliphatic rings. The molecule has 1 N–H and O–H groups in total. The Kier molecular flexibility index (Phi) is 5.40. The van der Waals surface area contributed by atoms with Crippen LogP contribution in [-0.2, 0) is 10.2 Å². The smallest absolute Gasteiger partial charge is 0.283 e. The summed E-state index contributed by atoms with van der Waals surface area (Å²) in [6, 6.07) is 8.12. The summed E-state index contributed by atoms with van der Waals surface area (Å²) in [5.41, 5.74) is 0.669. The second kappa shape index (κ2) is 7.53. The van der Waals surface area contributed by atoms with E-state index in [2.05, 4.69) is 43.3 Å². The summed E-state index contributed by atoms with van der Waals surface area (Å²) in [6.07, 6.45) is 1.69. The molecule has 24 heavy (non-hydrogen) atoms. The Balaban J connectivity index is 1.86. The molecular weight excluding hydrogens is 380 g/mol. The van der Waals surface area contributed by atoms with E-state index >= 15 is 0 Å². The molecule has 1 aromatic carbocycles. The molecule has 4 nitrogen and oxygen atoms in total. The van der Waals surface area contributed by atoms with Gasteiger partial charge in [-0.25, -0.2) is 18.7 Å². The van der Waals surface area contributed by atoms with Crippen LogP contribution in [0.2, 0.25) is 0 Å². The van der Waals surface area contributed by atoms with Gasteiger partial charge < -0.3 is 10.1 Å². The number of hydrogen-bond acceptors (Lipinski definition) is 4. The van der Waals surface area contributed by atoms with Gasteiger partial charge in [0.1, 0.15) is 5.69 Å². The summed E-state index contributed by atoms with van der Waals surface area (Å²) in [5.74, 6) is 0.147. The van der Waals surface area contributed by atoms with Gasteiger partial charge in [-0.1, -0.05) is 28.1 Å². The van der Waals surface area contributed by atoms with E-state index in [-0.39, 0.29) is 16.9 Å². The number of hydrogen-bond donors (Lipinski definition) is 1. The van der Waals surface area contributed by atoms with Crippen molar-refractivity contribution in [2.75, 3.05) is 25.1 Å². The van der Waals surface area contributed by atoms with Crippen molar-refractivity contribution in [2.24, 2.45) is 0 Å². The fourth-order valence-electron chi connectivity index (χ4n) is 3.05. The average Bonchev–Trinajstić information content (AvgIpc) is 2.61. The summed E-state index contributed by atoms with van der Waals surface area (Å²) >= 11 is 3.51. The first-order valence-electron chi connectivity index (χ1n) is 7.77. The van der Waals surface area contributed by atoms with Gasteiger partial charge in [0, 0.05) is 42.0 Å². The predicted octanol–water partition coefficient (Wildman–Crippen LogP) is 4.34. The van der Waals surface area contributed by atoms with E-state index in [0.717, 1.165) is 22.9 Å². The highest BCUT2D eigenvalue weighted by Gasteiger charge is 2.35. The molecule has 1 aromatic heterocycles. The molecule has 0 unspecified atom stereocenters. The van der Waals surface area contributed by atoms with Crippen LogP contribution in [0.1, 0.15) is 30.5 Å². The molecule has 0 bridgehead atoms. The Morgan fingerprint density at radius 2 is 1.96 bits per heavy atom. The second-order valence-corrected chi connectivity index (χ2v) is 6.76. The summed E-state index contributed by atoms with van der Waals surface area (Å²) < 4.78 is 32.7. The zero-order valence-corrected chi connectivity index (χ0v) is 14.6. The Labute approximate surface area is 147 Å². The van der Waals surface area contributed by atoms with Crippen LogP contribution in [0.25, 0.3) is 0 Å². The fraction of sp³-hybridized carbons (Fsp3) is 0.412. The maximum absolute atomic E-state index is 13.1. The van der Waals surface area contributed by atoms with Crippen molar-refractivity contribution in [2.45, 2.75) is 24.7 Å². The van der Waals surface area contributed by atoms with Gasteiger partial charge in [-0.3, -0.25) is 0 Å². The SMILES string of the molecule is FC(F)c1nccnc1NCC1(c2cccc(Br)c2)CCOCC1. The highest BCUT2D eigenvalue weighted by molar-refractivity contribution is 9.10. The lowest BCUT2D eigenvalue weighted by Crippen LogP contribution is -2.40. The highest BCUT2D eigenvalue weighted by atomic mass is 79.9. The molecule has 7 heteroatoms. The Hall–Kier alpha value is -1.60. The van der Waals surface area contributed by atoms with Crippen molar-refractivity contribution in [1.29, 1.82) is 0 Å². The summed E-state index contributed by atoms with van der Waals surface area (Å²) in [6.45, 7) is 1.80. The number of alkyl halides is 2. The van der Waals surface area contributed by atoms with Gasteiger partial charge >= 0.3 is 0 Å². The average molecular weight is 398 g/mol. The van der Waals surface area contributed by atoms with Crippen LogP contribution >= 0.6 is 15.9 Å². The zero-order chi connectivity index (χ0) is 17.0. The van der Waals surface area contributed by atoms with E-state index in [1.165, 1.54) is 12.4 Å². The van der Waals surface area contributed by atoms with Gasteiger partial charge in [0.05, 0.1) is 0 Å². The normalized spacial score (nSPS) is 17.0. The second-order valence-electron chi connectivity index (χ2n) is 5.85. The van der Waals surface area contributed by atoms with Crippen LogP contribution in [0.3, 0.4) is 0 Å². The molecule has 0 saturated carbocycles. The number of anilines is 1. The molecule has 0 spiro atoms. The molecule has 2 heterocycles. The van der Waals surface area contributed by atoms with Crippen LogP contribution in [0.4, 0.5) is 14.6 Å². The van der Waals surface area contributed by atoms with E-state index < -0.39 is 6.43 Å². The third-order valence-corrected chi connectivity index (χ3v) is 4.91. The van der Waals surface area contributed by atoms with E-state index in [4.69, 9.17) is 4.74 Å². The number of rotatable bonds is 5. The van der Waals surface area contributed by atoms with Crippen LogP contribution in [-0.4, -0.2) is 29.7 Å². The highest BCUT2D eigenvalue weighted by Crippen LogP contribution is 2.36. The van der Waals surface area contributed by atoms with Gasteiger partial charge in [-0.15, -0.1) is 0 Å². The lowest BCUT2D eigenvalue weighted by atomic mass is 9.74. The van der Waals surface area contributed by atoms with Crippen LogP contribution < -0.4 is 5.32 Å². The van der Waals surface area contributed by atoms with Crippen molar-refractivity contribution in [3.63, 3.8) is 0 Å². The third-order valence-electron chi connectivity index (χ3n) is 4.41. The minimum absolute atomic E-state index is 0.147. The van der Waals surface area contributed by atoms with Gasteiger partial charge in [0.15, 0.2) is 5.82 Å².